The maximum Gasteiger partial charge on any atom is 0.352 e. The number of aromatic hydroxyl groups is 2. The van der Waals surface area contributed by atoms with Crippen LogP contribution < -0.4 is 11.1 Å². The number of carbonyl (C=O) groups excluding carboxylic acids is 2. The van der Waals surface area contributed by atoms with E-state index in [0.29, 0.717) is 24.7 Å². The van der Waals surface area contributed by atoms with Gasteiger partial charge in [-0.2, -0.15) is 0 Å². The molecule has 6 rings (SSSR count). The number of amides is 2. The molecule has 258 valence electrons. The number of phenolic OH excluding ortho intramolecular Hbond substituents is 2. The molecule has 3 aliphatic rings. The zero-order valence-electron chi connectivity index (χ0n) is 25.6. The molecule has 15 nitrogen and oxygen atoms in total. The Labute approximate surface area is 290 Å². The Morgan fingerprint density at radius 1 is 1.18 bits per heavy atom. The number of benzene rings is 2. The van der Waals surface area contributed by atoms with Crippen molar-refractivity contribution in [2.45, 2.75) is 24.1 Å². The summed E-state index contributed by atoms with van der Waals surface area (Å²) in [7, 11) is 0. The maximum atomic E-state index is 13.7. The van der Waals surface area contributed by atoms with Crippen LogP contribution in [0.5, 0.6) is 11.5 Å². The number of nitrogens with one attached hydrogen (secondary N) is 1. The monoisotopic (exact) mass is 722 g/mol. The number of halogens is 1. The van der Waals surface area contributed by atoms with Crippen LogP contribution in [0.25, 0.3) is 6.08 Å². The standard InChI is InChI=1S/C32H27FN6O9S2/c33-19-8-7-18(24(40)25(19)41)26(31(46)47)48-37-21(20-14-50-32(34)35-20)27(42)36-22-28(43)39-23(30(44)45)17(13-49-29(22)39)6-3-10-38-11-9-15-4-1-2-5-16(15)12-38/h1-9,11,14,22,26,29,40-41H,10,12-13H2,(H2,34,35)(H,36,42)(H,44,45)(H,46,47). The average molecular weight is 723 g/mol. The fourth-order valence-corrected chi connectivity index (χ4v) is 7.32. The van der Waals surface area contributed by atoms with E-state index in [9.17, 15) is 44.0 Å². The number of oxime groups is 1. The number of aromatic nitrogens is 1. The molecule has 3 unspecified atom stereocenters. The summed E-state index contributed by atoms with van der Waals surface area (Å²) >= 11 is 2.16. The summed E-state index contributed by atoms with van der Waals surface area (Å²) in [5.41, 5.74) is 6.90. The lowest BCUT2D eigenvalue weighted by Gasteiger charge is -2.49. The van der Waals surface area contributed by atoms with Crippen LogP contribution in [0.3, 0.4) is 0 Å². The van der Waals surface area contributed by atoms with Crippen LogP contribution in [0.4, 0.5) is 9.52 Å². The highest BCUT2D eigenvalue weighted by Gasteiger charge is 2.54. The van der Waals surface area contributed by atoms with Gasteiger partial charge in [0.25, 0.3) is 17.9 Å². The highest BCUT2D eigenvalue weighted by atomic mass is 32.2. The minimum absolute atomic E-state index is 0.0167. The summed E-state index contributed by atoms with van der Waals surface area (Å²) in [6, 6.07) is 8.35. The Morgan fingerprint density at radius 3 is 2.68 bits per heavy atom. The van der Waals surface area contributed by atoms with Gasteiger partial charge in [0.2, 0.25) is 0 Å². The summed E-state index contributed by atoms with van der Waals surface area (Å²) in [5.74, 6) is -8.11. The summed E-state index contributed by atoms with van der Waals surface area (Å²) < 4.78 is 13.7. The number of carboxylic acid groups (broad SMARTS) is 2. The molecule has 2 aromatic carbocycles. The van der Waals surface area contributed by atoms with Gasteiger partial charge < -0.3 is 41.2 Å². The molecule has 1 saturated heterocycles. The molecule has 0 bridgehead atoms. The fourth-order valence-electron chi connectivity index (χ4n) is 5.46. The van der Waals surface area contributed by atoms with E-state index < -0.39 is 69.9 Å². The van der Waals surface area contributed by atoms with E-state index in [4.69, 9.17) is 10.6 Å². The van der Waals surface area contributed by atoms with Crippen molar-refractivity contribution >= 4 is 63.8 Å². The SMILES string of the molecule is Nc1nc(C(=NOC(C(=O)O)c2ccc(F)c(O)c2O)C(=O)NC2C(=O)N3C(C(=O)O)=C(C=CCN4C=Cc5ccccc5C4)CSC23)cs1. The van der Waals surface area contributed by atoms with Crippen LogP contribution in [0, 0.1) is 5.82 Å². The Hall–Kier alpha value is -5.88. The number of anilines is 1. The summed E-state index contributed by atoms with van der Waals surface area (Å²) in [4.78, 5) is 63.4. The van der Waals surface area contributed by atoms with Crippen molar-refractivity contribution < 1.29 is 48.8 Å². The number of carbonyl (C=O) groups is 4. The lowest BCUT2D eigenvalue weighted by Crippen LogP contribution is -2.71. The van der Waals surface area contributed by atoms with E-state index in [1.165, 1.54) is 17.1 Å². The van der Waals surface area contributed by atoms with Gasteiger partial charge in [0.15, 0.2) is 28.2 Å². The van der Waals surface area contributed by atoms with Gasteiger partial charge in [-0.1, -0.05) is 41.6 Å². The number of aliphatic carboxylic acids is 2. The first-order chi connectivity index (χ1) is 23.9. The molecule has 1 aromatic heterocycles. The molecule has 18 heteroatoms. The van der Waals surface area contributed by atoms with E-state index >= 15 is 0 Å². The van der Waals surface area contributed by atoms with E-state index in [0.717, 1.165) is 33.4 Å². The van der Waals surface area contributed by atoms with E-state index in [1.807, 2.05) is 42.6 Å². The van der Waals surface area contributed by atoms with E-state index in [1.54, 1.807) is 6.08 Å². The minimum Gasteiger partial charge on any atom is -0.504 e. The molecule has 1 fully saturated rings. The number of hydrogen-bond donors (Lipinski definition) is 6. The Balaban J connectivity index is 1.18. The van der Waals surface area contributed by atoms with Gasteiger partial charge in [0, 0.05) is 30.4 Å². The molecule has 50 heavy (non-hydrogen) atoms. The third kappa shape index (κ3) is 6.57. The highest BCUT2D eigenvalue weighted by molar-refractivity contribution is 8.00. The second-order valence-electron chi connectivity index (χ2n) is 11.1. The van der Waals surface area contributed by atoms with Gasteiger partial charge in [-0.25, -0.2) is 19.0 Å². The van der Waals surface area contributed by atoms with Gasteiger partial charge in [-0.15, -0.1) is 23.1 Å². The molecule has 2 amide bonds. The van der Waals surface area contributed by atoms with E-state index in [-0.39, 0.29) is 22.3 Å². The van der Waals surface area contributed by atoms with E-state index in [2.05, 4.69) is 20.4 Å². The molecule has 4 heterocycles. The largest absolute Gasteiger partial charge is 0.504 e. The van der Waals surface area contributed by atoms with Gasteiger partial charge in [0.05, 0.1) is 5.56 Å². The lowest BCUT2D eigenvalue weighted by molar-refractivity contribution is -0.151. The maximum absolute atomic E-state index is 13.7. The second kappa shape index (κ2) is 13.9. The van der Waals surface area contributed by atoms with Crippen molar-refractivity contribution in [3.8, 4) is 11.5 Å². The van der Waals surface area contributed by atoms with Gasteiger partial charge >= 0.3 is 11.9 Å². The number of thioether (sulfide) groups is 1. The molecule has 3 atom stereocenters. The Bertz CT molecular complexity index is 2030. The quantitative estimate of drug-likeness (QED) is 0.0725. The first-order valence-electron chi connectivity index (χ1n) is 14.7. The normalized spacial score (nSPS) is 19.1. The van der Waals surface area contributed by atoms with Crippen molar-refractivity contribution in [2.24, 2.45) is 5.16 Å². The molecule has 0 radical (unpaired) electrons. The van der Waals surface area contributed by atoms with Crippen LogP contribution in [-0.2, 0) is 30.6 Å². The zero-order chi connectivity index (χ0) is 35.7. The highest BCUT2D eigenvalue weighted by Crippen LogP contribution is 2.41. The van der Waals surface area contributed by atoms with Gasteiger partial charge in [-0.05, 0) is 34.9 Å². The van der Waals surface area contributed by atoms with Crippen molar-refractivity contribution in [3.05, 3.63) is 99.6 Å². The number of nitrogens with zero attached hydrogens (tertiary/aromatic N) is 4. The van der Waals surface area contributed by atoms with Crippen molar-refractivity contribution in [2.75, 3.05) is 18.0 Å². The fraction of sp³-hybridized carbons (Fsp3) is 0.188. The third-order valence-electron chi connectivity index (χ3n) is 7.91. The molecule has 0 saturated carbocycles. The van der Waals surface area contributed by atoms with Crippen molar-refractivity contribution in [1.82, 2.24) is 20.1 Å². The topological polar surface area (TPSA) is 228 Å². The van der Waals surface area contributed by atoms with Crippen molar-refractivity contribution in [3.63, 3.8) is 0 Å². The number of nitrogen functional groups attached to an aromatic ring is 1. The van der Waals surface area contributed by atoms with Crippen LogP contribution in [0.15, 0.2) is 76.6 Å². The molecule has 0 spiro atoms. The second-order valence-corrected chi connectivity index (χ2v) is 13.0. The lowest BCUT2D eigenvalue weighted by atomic mass is 10.0. The van der Waals surface area contributed by atoms with Crippen molar-refractivity contribution in [1.29, 1.82) is 0 Å². The summed E-state index contributed by atoms with van der Waals surface area (Å²) in [5, 5.41) is 46.3. The van der Waals surface area contributed by atoms with Gasteiger partial charge in [0.1, 0.15) is 22.8 Å². The Morgan fingerprint density at radius 2 is 1.96 bits per heavy atom. The number of β-lactam (4-membered cyclic amide) rings is 1. The van der Waals surface area contributed by atoms with Crippen LogP contribution in [-0.4, -0.2) is 88.4 Å². The minimum atomic E-state index is -2.12. The van der Waals surface area contributed by atoms with Gasteiger partial charge in [-0.3, -0.25) is 14.5 Å². The number of thiazole rings is 1. The number of nitrogens with two attached hydrogens (primary N) is 1. The number of fused-ring (bicyclic) bond motifs is 2. The third-order valence-corrected chi connectivity index (χ3v) is 9.88. The Kier molecular flexibility index (Phi) is 9.47. The molecule has 3 aromatic rings. The molecular weight excluding hydrogens is 696 g/mol. The number of allylic oxidation sites excluding steroid dienone is 1. The predicted molar refractivity (Wildman–Crippen MR) is 179 cm³/mol. The summed E-state index contributed by atoms with van der Waals surface area (Å²) in [6.07, 6.45) is 5.33. The smallest absolute Gasteiger partial charge is 0.352 e. The molecule has 7 N–H and O–H groups in total. The number of rotatable bonds is 11. The van der Waals surface area contributed by atoms with Crippen LogP contribution in [0.2, 0.25) is 0 Å². The average Bonchev–Trinajstić information content (AvgIpc) is 3.53. The number of hydrogen-bond acceptors (Lipinski definition) is 13. The number of phenols is 2. The molecule has 0 aliphatic carbocycles. The first-order valence-corrected chi connectivity index (χ1v) is 16.6. The van der Waals surface area contributed by atoms with Crippen LogP contribution >= 0.6 is 23.1 Å². The van der Waals surface area contributed by atoms with Crippen LogP contribution in [0.1, 0.15) is 28.5 Å². The first kappa shape index (κ1) is 34.0. The summed E-state index contributed by atoms with van der Waals surface area (Å²) in [6.45, 7) is 1.18. The molecule has 3 aliphatic heterocycles. The predicted octanol–water partition coefficient (Wildman–Crippen LogP) is 2.60. The molecular formula is C32H27FN6O9S2. The zero-order valence-corrected chi connectivity index (χ0v) is 27.2. The number of carboxylic acids is 2.